The van der Waals surface area contributed by atoms with Gasteiger partial charge >= 0.3 is 17.9 Å². The van der Waals surface area contributed by atoms with Gasteiger partial charge in [0.1, 0.15) is 6.10 Å². The SMILES string of the molecule is CCCC(O)C(F)(F)C(=O)C(F)(F)F. The quantitative estimate of drug-likeness (QED) is 0.735. The van der Waals surface area contributed by atoms with Gasteiger partial charge in [0.2, 0.25) is 0 Å². The Kier molecular flexibility index (Phi) is 3.99. The van der Waals surface area contributed by atoms with Crippen LogP contribution in [0.25, 0.3) is 0 Å². The molecule has 2 nitrogen and oxygen atoms in total. The molecule has 0 saturated carbocycles. The standard InChI is InChI=1S/C7H9F5O2/c1-2-3-4(13)6(8,9)5(14)7(10,11)12/h4,13H,2-3H2,1H3. The van der Waals surface area contributed by atoms with Crippen LogP contribution in [0.1, 0.15) is 19.8 Å². The molecule has 0 rings (SSSR count). The molecule has 0 fully saturated rings. The van der Waals surface area contributed by atoms with Crippen molar-refractivity contribution >= 4 is 5.78 Å². The molecule has 0 amide bonds. The third kappa shape index (κ3) is 2.90. The summed E-state index contributed by atoms with van der Waals surface area (Å²) in [6.45, 7) is 1.40. The summed E-state index contributed by atoms with van der Waals surface area (Å²) in [6.07, 6.45) is -8.71. The van der Waals surface area contributed by atoms with Crippen LogP contribution in [0.15, 0.2) is 0 Å². The molecule has 0 heterocycles. The van der Waals surface area contributed by atoms with Crippen LogP contribution in [-0.4, -0.2) is 29.1 Å². The average Bonchev–Trinajstić information content (AvgIpc) is 2.01. The molecule has 0 aliphatic rings. The number of halogens is 5. The summed E-state index contributed by atoms with van der Waals surface area (Å²) in [5.74, 6) is -7.96. The van der Waals surface area contributed by atoms with Crippen LogP contribution < -0.4 is 0 Å². The first-order valence-electron chi connectivity index (χ1n) is 3.81. The van der Waals surface area contributed by atoms with Crippen molar-refractivity contribution in [2.45, 2.75) is 38.0 Å². The Labute approximate surface area is 76.7 Å². The fourth-order valence-corrected chi connectivity index (χ4v) is 0.795. The number of alkyl halides is 5. The Morgan fingerprint density at radius 3 is 2.00 bits per heavy atom. The molecule has 1 atom stereocenters. The topological polar surface area (TPSA) is 37.3 Å². The molecule has 0 bridgehead atoms. The minimum absolute atomic E-state index is 0.0574. The van der Waals surface area contributed by atoms with Gasteiger partial charge in [0.05, 0.1) is 0 Å². The van der Waals surface area contributed by atoms with Gasteiger partial charge in [-0.1, -0.05) is 13.3 Å². The Balaban J connectivity index is 4.69. The number of aliphatic hydroxyl groups is 1. The zero-order valence-corrected chi connectivity index (χ0v) is 7.24. The average molecular weight is 220 g/mol. The Bertz CT molecular complexity index is 211. The van der Waals surface area contributed by atoms with Crippen molar-refractivity contribution in [2.24, 2.45) is 0 Å². The number of aliphatic hydroxyl groups excluding tert-OH is 1. The third-order valence-corrected chi connectivity index (χ3v) is 1.54. The van der Waals surface area contributed by atoms with E-state index in [-0.39, 0.29) is 6.42 Å². The second-order valence-electron chi connectivity index (χ2n) is 2.75. The number of ketones is 1. The lowest BCUT2D eigenvalue weighted by atomic mass is 10.0. The van der Waals surface area contributed by atoms with Gasteiger partial charge in [-0.05, 0) is 6.42 Å². The number of Topliss-reactive ketones (excluding diaryl/α,β-unsaturated/α-hetero) is 1. The molecule has 0 spiro atoms. The van der Waals surface area contributed by atoms with Crippen LogP contribution in [0.3, 0.4) is 0 Å². The summed E-state index contributed by atoms with van der Waals surface area (Å²) in [6, 6.07) is 0. The van der Waals surface area contributed by atoms with E-state index in [4.69, 9.17) is 5.11 Å². The van der Waals surface area contributed by atoms with Gasteiger partial charge in [0.25, 0.3) is 0 Å². The van der Waals surface area contributed by atoms with E-state index in [2.05, 4.69) is 0 Å². The van der Waals surface area contributed by atoms with Crippen molar-refractivity contribution in [3.8, 4) is 0 Å². The minimum Gasteiger partial charge on any atom is -0.386 e. The van der Waals surface area contributed by atoms with E-state index in [1.54, 1.807) is 0 Å². The van der Waals surface area contributed by atoms with Gasteiger partial charge in [-0.15, -0.1) is 0 Å². The molecule has 7 heteroatoms. The van der Waals surface area contributed by atoms with E-state index in [0.29, 0.717) is 0 Å². The molecular weight excluding hydrogens is 211 g/mol. The maximum absolute atomic E-state index is 12.6. The van der Waals surface area contributed by atoms with E-state index < -0.39 is 30.4 Å². The van der Waals surface area contributed by atoms with Crippen LogP contribution >= 0.6 is 0 Å². The van der Waals surface area contributed by atoms with Crippen molar-refractivity contribution in [3.05, 3.63) is 0 Å². The molecule has 0 radical (unpaired) electrons. The van der Waals surface area contributed by atoms with Crippen molar-refractivity contribution in [3.63, 3.8) is 0 Å². The summed E-state index contributed by atoms with van der Waals surface area (Å²) in [5, 5.41) is 8.64. The summed E-state index contributed by atoms with van der Waals surface area (Å²) in [7, 11) is 0. The van der Waals surface area contributed by atoms with Gasteiger partial charge in [0.15, 0.2) is 0 Å². The lowest BCUT2D eigenvalue weighted by Gasteiger charge is -2.21. The smallest absolute Gasteiger partial charge is 0.386 e. The molecule has 0 aromatic heterocycles. The maximum Gasteiger partial charge on any atom is 0.456 e. The van der Waals surface area contributed by atoms with Crippen LogP contribution in [0.5, 0.6) is 0 Å². The highest BCUT2D eigenvalue weighted by Gasteiger charge is 2.58. The molecule has 1 N–H and O–H groups in total. The van der Waals surface area contributed by atoms with E-state index >= 15 is 0 Å². The van der Waals surface area contributed by atoms with Crippen molar-refractivity contribution in [1.29, 1.82) is 0 Å². The second-order valence-corrected chi connectivity index (χ2v) is 2.75. The van der Waals surface area contributed by atoms with Crippen molar-refractivity contribution < 1.29 is 31.9 Å². The van der Waals surface area contributed by atoms with Crippen molar-refractivity contribution in [1.82, 2.24) is 0 Å². The van der Waals surface area contributed by atoms with Crippen molar-refractivity contribution in [2.75, 3.05) is 0 Å². The summed E-state index contributed by atoms with van der Waals surface area (Å²) in [5.41, 5.74) is 0. The summed E-state index contributed by atoms with van der Waals surface area (Å²) < 4.78 is 60.0. The predicted octanol–water partition coefficient (Wildman–Crippen LogP) is 1.91. The largest absolute Gasteiger partial charge is 0.456 e. The molecule has 0 aromatic rings. The van der Waals surface area contributed by atoms with Crippen LogP contribution in [0.2, 0.25) is 0 Å². The highest BCUT2D eigenvalue weighted by Crippen LogP contribution is 2.31. The number of hydrogen-bond acceptors (Lipinski definition) is 2. The van der Waals surface area contributed by atoms with Gasteiger partial charge < -0.3 is 5.11 Å². The fourth-order valence-electron chi connectivity index (χ4n) is 0.795. The van der Waals surface area contributed by atoms with E-state index in [1.807, 2.05) is 0 Å². The number of carbonyl (C=O) groups excluding carboxylic acids is 1. The molecule has 0 aliphatic carbocycles. The van der Waals surface area contributed by atoms with E-state index in [9.17, 15) is 26.7 Å². The highest BCUT2D eigenvalue weighted by atomic mass is 19.4. The lowest BCUT2D eigenvalue weighted by Crippen LogP contribution is -2.48. The van der Waals surface area contributed by atoms with E-state index in [1.165, 1.54) is 6.92 Å². The maximum atomic E-state index is 12.6. The molecule has 0 aromatic carbocycles. The van der Waals surface area contributed by atoms with Gasteiger partial charge in [-0.3, -0.25) is 4.79 Å². The highest BCUT2D eigenvalue weighted by molar-refractivity contribution is 5.91. The Morgan fingerprint density at radius 1 is 1.29 bits per heavy atom. The Morgan fingerprint density at radius 2 is 1.71 bits per heavy atom. The first kappa shape index (κ1) is 13.3. The summed E-state index contributed by atoms with van der Waals surface area (Å²) in [4.78, 5) is 10.2. The fraction of sp³-hybridized carbons (Fsp3) is 0.857. The Hall–Kier alpha value is -0.720. The lowest BCUT2D eigenvalue weighted by molar-refractivity contribution is -0.208. The zero-order valence-electron chi connectivity index (χ0n) is 7.24. The molecule has 1 unspecified atom stereocenters. The van der Waals surface area contributed by atoms with Gasteiger partial charge in [-0.25, -0.2) is 0 Å². The van der Waals surface area contributed by atoms with Crippen LogP contribution in [0, 0.1) is 0 Å². The molecule has 0 aliphatic heterocycles. The number of carbonyl (C=O) groups is 1. The molecule has 14 heavy (non-hydrogen) atoms. The molecule has 84 valence electrons. The normalized spacial score (nSPS) is 15.4. The van der Waals surface area contributed by atoms with Crippen LogP contribution in [-0.2, 0) is 4.79 Å². The zero-order chi connectivity index (χ0) is 11.6. The van der Waals surface area contributed by atoms with Crippen LogP contribution in [0.4, 0.5) is 22.0 Å². The monoisotopic (exact) mass is 220 g/mol. The van der Waals surface area contributed by atoms with Gasteiger partial charge in [0, 0.05) is 0 Å². The molecule has 0 saturated heterocycles. The third-order valence-electron chi connectivity index (χ3n) is 1.54. The first-order chi connectivity index (χ1) is 6.14. The summed E-state index contributed by atoms with van der Waals surface area (Å²) >= 11 is 0. The first-order valence-corrected chi connectivity index (χ1v) is 3.81. The molecular formula is C7H9F5O2. The van der Waals surface area contributed by atoms with E-state index in [0.717, 1.165) is 0 Å². The number of rotatable bonds is 4. The van der Waals surface area contributed by atoms with Gasteiger partial charge in [-0.2, -0.15) is 22.0 Å². The number of hydrogen-bond donors (Lipinski definition) is 1. The minimum atomic E-state index is -5.63. The second kappa shape index (κ2) is 4.20. The predicted molar refractivity (Wildman–Crippen MR) is 36.9 cm³/mol.